The molecule has 110 valence electrons. The maximum atomic E-state index is 12.8. The van der Waals surface area contributed by atoms with E-state index in [9.17, 15) is 9.18 Å². The van der Waals surface area contributed by atoms with Gasteiger partial charge in [-0.2, -0.15) is 0 Å². The quantitative estimate of drug-likeness (QED) is 0.719. The van der Waals surface area contributed by atoms with E-state index in [1.54, 1.807) is 12.1 Å². The average Bonchev–Trinajstić information content (AvgIpc) is 2.87. The van der Waals surface area contributed by atoms with Gasteiger partial charge in [-0.1, -0.05) is 0 Å². The number of likely N-dealkylation sites (tertiary alicyclic amines) is 1. The highest BCUT2D eigenvalue weighted by atomic mass is 19.1. The molecule has 0 N–H and O–H groups in total. The summed E-state index contributed by atoms with van der Waals surface area (Å²) in [4.78, 5) is 14.3. The number of hydrogen-bond acceptors (Lipinski definition) is 3. The molecule has 3 nitrogen and oxygen atoms in total. The molecule has 1 aliphatic rings. The van der Waals surface area contributed by atoms with E-state index in [1.807, 2.05) is 6.92 Å². The number of ketones is 1. The molecule has 2 rings (SSSR count). The largest absolute Gasteiger partial charge is 0.377 e. The van der Waals surface area contributed by atoms with Crippen molar-refractivity contribution in [2.75, 3.05) is 26.2 Å². The number of halogens is 1. The minimum Gasteiger partial charge on any atom is -0.377 e. The summed E-state index contributed by atoms with van der Waals surface area (Å²) in [7, 11) is 0. The van der Waals surface area contributed by atoms with Crippen molar-refractivity contribution in [3.8, 4) is 0 Å². The number of rotatable bonds is 7. The van der Waals surface area contributed by atoms with E-state index >= 15 is 0 Å². The van der Waals surface area contributed by atoms with E-state index in [1.165, 1.54) is 12.1 Å². The van der Waals surface area contributed by atoms with Gasteiger partial charge in [0.25, 0.3) is 0 Å². The fraction of sp³-hybridized carbons (Fsp3) is 0.562. The molecule has 1 saturated heterocycles. The zero-order valence-corrected chi connectivity index (χ0v) is 12.0. The van der Waals surface area contributed by atoms with Gasteiger partial charge in [-0.25, -0.2) is 4.39 Å². The van der Waals surface area contributed by atoms with Crippen LogP contribution in [0.5, 0.6) is 0 Å². The molecule has 1 aliphatic heterocycles. The predicted octanol–water partition coefficient (Wildman–Crippen LogP) is 2.90. The van der Waals surface area contributed by atoms with Crippen molar-refractivity contribution >= 4 is 5.78 Å². The summed E-state index contributed by atoms with van der Waals surface area (Å²) in [5.74, 6) is -0.217. The van der Waals surface area contributed by atoms with Crippen LogP contribution in [-0.4, -0.2) is 43.0 Å². The number of ether oxygens (including phenoxy) is 1. The summed E-state index contributed by atoms with van der Waals surface area (Å²) >= 11 is 0. The Morgan fingerprint density at radius 1 is 1.40 bits per heavy atom. The van der Waals surface area contributed by atoms with Crippen LogP contribution in [0.2, 0.25) is 0 Å². The number of carbonyl (C=O) groups excluding carboxylic acids is 1. The molecule has 0 bridgehead atoms. The van der Waals surface area contributed by atoms with Crippen LogP contribution in [0.3, 0.4) is 0 Å². The van der Waals surface area contributed by atoms with Crippen molar-refractivity contribution in [3.05, 3.63) is 35.6 Å². The molecule has 1 unspecified atom stereocenters. The number of hydrogen-bond donors (Lipinski definition) is 0. The number of nitrogens with zero attached hydrogens (tertiary/aromatic N) is 1. The van der Waals surface area contributed by atoms with Gasteiger partial charge in [-0.15, -0.1) is 0 Å². The second-order valence-corrected chi connectivity index (χ2v) is 5.20. The SMILES string of the molecule is CCOC1CCN(CCCC(=O)c2ccc(F)cc2)C1. The maximum absolute atomic E-state index is 12.8. The molecule has 1 fully saturated rings. The van der Waals surface area contributed by atoms with Crippen molar-refractivity contribution in [3.63, 3.8) is 0 Å². The molecule has 1 heterocycles. The summed E-state index contributed by atoms with van der Waals surface area (Å²) in [5.41, 5.74) is 0.597. The van der Waals surface area contributed by atoms with Crippen LogP contribution in [0.1, 0.15) is 36.5 Å². The second-order valence-electron chi connectivity index (χ2n) is 5.20. The van der Waals surface area contributed by atoms with Gasteiger partial charge < -0.3 is 9.64 Å². The first kappa shape index (κ1) is 15.1. The summed E-state index contributed by atoms with van der Waals surface area (Å²) < 4.78 is 18.4. The first-order chi connectivity index (χ1) is 9.69. The van der Waals surface area contributed by atoms with Gasteiger partial charge in [0.05, 0.1) is 6.10 Å². The van der Waals surface area contributed by atoms with Crippen LogP contribution in [0.4, 0.5) is 4.39 Å². The Bertz CT molecular complexity index is 433. The Hall–Kier alpha value is -1.26. The van der Waals surface area contributed by atoms with Crippen molar-refractivity contribution in [1.29, 1.82) is 0 Å². The molecule has 1 aromatic carbocycles. The first-order valence-electron chi connectivity index (χ1n) is 7.31. The molecule has 0 amide bonds. The van der Waals surface area contributed by atoms with Crippen molar-refractivity contribution in [2.24, 2.45) is 0 Å². The third kappa shape index (κ3) is 4.39. The highest BCUT2D eigenvalue weighted by Crippen LogP contribution is 2.14. The smallest absolute Gasteiger partial charge is 0.162 e. The molecular weight excluding hydrogens is 257 g/mol. The van der Waals surface area contributed by atoms with E-state index < -0.39 is 0 Å². The molecule has 0 saturated carbocycles. The fourth-order valence-corrected chi connectivity index (χ4v) is 2.62. The third-order valence-electron chi connectivity index (χ3n) is 3.68. The second kappa shape index (κ2) is 7.50. The lowest BCUT2D eigenvalue weighted by Gasteiger charge is -2.15. The van der Waals surface area contributed by atoms with Gasteiger partial charge >= 0.3 is 0 Å². The molecule has 1 aromatic rings. The van der Waals surface area contributed by atoms with Crippen LogP contribution in [0.25, 0.3) is 0 Å². The molecular formula is C16H22FNO2. The normalized spacial score (nSPS) is 19.4. The van der Waals surface area contributed by atoms with Crippen LogP contribution >= 0.6 is 0 Å². The zero-order chi connectivity index (χ0) is 14.4. The van der Waals surface area contributed by atoms with Crippen LogP contribution in [-0.2, 0) is 4.74 Å². The Morgan fingerprint density at radius 3 is 2.85 bits per heavy atom. The lowest BCUT2D eigenvalue weighted by molar-refractivity contribution is 0.0687. The van der Waals surface area contributed by atoms with Crippen LogP contribution < -0.4 is 0 Å². The van der Waals surface area contributed by atoms with E-state index in [2.05, 4.69) is 4.90 Å². The van der Waals surface area contributed by atoms with Crippen molar-refractivity contribution in [1.82, 2.24) is 4.90 Å². The topological polar surface area (TPSA) is 29.5 Å². The third-order valence-corrected chi connectivity index (χ3v) is 3.68. The summed E-state index contributed by atoms with van der Waals surface area (Å²) in [6.07, 6.45) is 2.80. The van der Waals surface area contributed by atoms with E-state index in [0.29, 0.717) is 18.1 Å². The standard InChI is InChI=1S/C16H22FNO2/c1-2-20-15-9-11-18(12-15)10-3-4-16(19)13-5-7-14(17)8-6-13/h5-8,15H,2-4,9-12H2,1H3. The summed E-state index contributed by atoms with van der Waals surface area (Å²) in [6.45, 7) is 5.73. The maximum Gasteiger partial charge on any atom is 0.162 e. The van der Waals surface area contributed by atoms with E-state index in [4.69, 9.17) is 4.74 Å². The molecule has 0 radical (unpaired) electrons. The minimum atomic E-state index is -0.305. The molecule has 0 aromatic heterocycles. The van der Waals surface area contributed by atoms with Crippen molar-refractivity contribution in [2.45, 2.75) is 32.3 Å². The Labute approximate surface area is 119 Å². The highest BCUT2D eigenvalue weighted by molar-refractivity contribution is 5.95. The Morgan fingerprint density at radius 2 is 2.15 bits per heavy atom. The van der Waals surface area contributed by atoms with E-state index in [0.717, 1.165) is 39.1 Å². The van der Waals surface area contributed by atoms with Gasteiger partial charge in [0.2, 0.25) is 0 Å². The molecule has 4 heteroatoms. The Balaban J connectivity index is 1.68. The van der Waals surface area contributed by atoms with Crippen molar-refractivity contribution < 1.29 is 13.9 Å². The monoisotopic (exact) mass is 279 g/mol. The molecule has 1 atom stereocenters. The van der Waals surface area contributed by atoms with Gasteiger partial charge in [-0.05, 0) is 50.6 Å². The number of carbonyl (C=O) groups is 1. The Kier molecular flexibility index (Phi) is 5.68. The van der Waals surface area contributed by atoms with Gasteiger partial charge in [0, 0.05) is 31.7 Å². The lowest BCUT2D eigenvalue weighted by atomic mass is 10.1. The molecule has 20 heavy (non-hydrogen) atoms. The minimum absolute atomic E-state index is 0.0885. The molecule has 0 spiro atoms. The predicted molar refractivity (Wildman–Crippen MR) is 76.4 cm³/mol. The van der Waals surface area contributed by atoms with Gasteiger partial charge in [0.1, 0.15) is 5.82 Å². The number of Topliss-reactive ketones (excluding diaryl/α,β-unsaturated/α-hetero) is 1. The number of benzene rings is 1. The fourth-order valence-electron chi connectivity index (χ4n) is 2.62. The first-order valence-corrected chi connectivity index (χ1v) is 7.31. The van der Waals surface area contributed by atoms with Crippen LogP contribution in [0.15, 0.2) is 24.3 Å². The lowest BCUT2D eigenvalue weighted by Crippen LogP contribution is -2.24. The summed E-state index contributed by atoms with van der Waals surface area (Å²) in [5, 5.41) is 0. The molecule has 0 aliphatic carbocycles. The summed E-state index contributed by atoms with van der Waals surface area (Å²) in [6, 6.07) is 5.78. The zero-order valence-electron chi connectivity index (χ0n) is 12.0. The van der Waals surface area contributed by atoms with Crippen LogP contribution in [0, 0.1) is 5.82 Å². The average molecular weight is 279 g/mol. The van der Waals surface area contributed by atoms with Gasteiger partial charge in [-0.3, -0.25) is 4.79 Å². The van der Waals surface area contributed by atoms with Gasteiger partial charge in [0.15, 0.2) is 5.78 Å². The highest BCUT2D eigenvalue weighted by Gasteiger charge is 2.22. The van der Waals surface area contributed by atoms with E-state index in [-0.39, 0.29) is 11.6 Å².